The molecule has 130 valence electrons. The van der Waals surface area contributed by atoms with Crippen molar-refractivity contribution in [2.75, 3.05) is 7.11 Å². The number of aromatic nitrogens is 1. The number of hydrogen-bond acceptors (Lipinski definition) is 4. The smallest absolute Gasteiger partial charge is 0.212 e. The number of nitrogens with zero attached hydrogens (tertiary/aromatic N) is 1. The fraction of sp³-hybridized carbons (Fsp3) is 0.0476. The molecule has 1 N–H and O–H groups in total. The van der Waals surface area contributed by atoms with Gasteiger partial charge in [0.1, 0.15) is 0 Å². The molecule has 0 aliphatic rings. The van der Waals surface area contributed by atoms with Crippen molar-refractivity contribution >= 4 is 11.9 Å². The summed E-state index contributed by atoms with van der Waals surface area (Å²) < 4.78 is 18.1. The predicted octanol–water partition coefficient (Wildman–Crippen LogP) is 4.50. The minimum Gasteiger partial charge on any atom is -0.504 e. The quantitative estimate of drug-likeness (QED) is 0.419. The van der Waals surface area contributed by atoms with Crippen molar-refractivity contribution in [3.63, 3.8) is 0 Å². The Bertz CT molecular complexity index is 965. The Labute approximate surface area is 150 Å². The van der Waals surface area contributed by atoms with Gasteiger partial charge in [-0.1, -0.05) is 30.3 Å². The first kappa shape index (κ1) is 17.4. The van der Waals surface area contributed by atoms with Crippen LogP contribution in [0.3, 0.4) is 0 Å². The van der Waals surface area contributed by atoms with Crippen LogP contribution >= 0.6 is 0 Å². The topological polar surface area (TPSA) is 59.4 Å². The molecule has 1 aromatic heterocycles. The highest BCUT2D eigenvalue weighted by Gasteiger charge is 2.08. The third-order valence-electron chi connectivity index (χ3n) is 3.88. The second-order valence-electron chi connectivity index (χ2n) is 5.54. The van der Waals surface area contributed by atoms with Crippen molar-refractivity contribution < 1.29 is 19.0 Å². The van der Waals surface area contributed by atoms with Crippen molar-refractivity contribution in [2.24, 2.45) is 0 Å². The zero-order valence-electron chi connectivity index (χ0n) is 14.0. The van der Waals surface area contributed by atoms with Crippen molar-refractivity contribution in [2.45, 2.75) is 0 Å². The summed E-state index contributed by atoms with van der Waals surface area (Å²) in [5.74, 6) is -0.558. The molecule has 0 amide bonds. The molecule has 0 radical (unpaired) electrons. The first-order valence-electron chi connectivity index (χ1n) is 7.89. The second-order valence-corrected chi connectivity index (χ2v) is 5.54. The average Bonchev–Trinajstić information content (AvgIpc) is 2.67. The highest BCUT2D eigenvalue weighted by molar-refractivity contribution is 6.07. The number of ketones is 1. The van der Waals surface area contributed by atoms with Crippen LogP contribution in [0.2, 0.25) is 0 Å². The van der Waals surface area contributed by atoms with Crippen LogP contribution in [0.15, 0.2) is 66.9 Å². The van der Waals surface area contributed by atoms with Gasteiger partial charge in [-0.25, -0.2) is 4.98 Å². The number of methoxy groups -OCH3 is 1. The average molecular weight is 349 g/mol. The van der Waals surface area contributed by atoms with Crippen molar-refractivity contribution in [1.29, 1.82) is 0 Å². The predicted molar refractivity (Wildman–Crippen MR) is 97.7 cm³/mol. The van der Waals surface area contributed by atoms with Gasteiger partial charge in [0.05, 0.1) is 7.11 Å². The monoisotopic (exact) mass is 349 g/mol. The van der Waals surface area contributed by atoms with E-state index in [9.17, 15) is 14.3 Å². The standard InChI is InChI=1S/C21H16FNO3/c1-26-20-12-15(7-10-19(20)25)18(24)9-6-14-4-2-3-5-17(14)16-8-11-21(22)23-13-16/h2-13,25H,1H3/b9-6+. The van der Waals surface area contributed by atoms with Gasteiger partial charge in [0.2, 0.25) is 5.95 Å². The molecule has 0 saturated heterocycles. The fourth-order valence-electron chi connectivity index (χ4n) is 2.53. The maximum Gasteiger partial charge on any atom is 0.212 e. The summed E-state index contributed by atoms with van der Waals surface area (Å²) >= 11 is 0. The first-order valence-corrected chi connectivity index (χ1v) is 7.89. The van der Waals surface area contributed by atoms with Gasteiger partial charge in [-0.3, -0.25) is 4.79 Å². The number of allylic oxidation sites excluding steroid dienone is 1. The van der Waals surface area contributed by atoms with E-state index in [2.05, 4.69) is 4.98 Å². The molecule has 0 unspecified atom stereocenters. The SMILES string of the molecule is COc1cc(C(=O)/C=C/c2ccccc2-c2ccc(F)nc2)ccc1O. The van der Waals surface area contributed by atoms with E-state index < -0.39 is 5.95 Å². The number of benzene rings is 2. The molecule has 0 aliphatic carbocycles. The number of halogens is 1. The van der Waals surface area contributed by atoms with Gasteiger partial charge in [0, 0.05) is 17.3 Å². The van der Waals surface area contributed by atoms with Crippen LogP contribution in [0.25, 0.3) is 17.2 Å². The fourth-order valence-corrected chi connectivity index (χ4v) is 2.53. The van der Waals surface area contributed by atoms with Crippen LogP contribution in [0.4, 0.5) is 4.39 Å². The van der Waals surface area contributed by atoms with E-state index in [0.29, 0.717) is 5.56 Å². The molecule has 1 heterocycles. The van der Waals surface area contributed by atoms with E-state index in [4.69, 9.17) is 4.74 Å². The molecular formula is C21H16FNO3. The molecule has 3 rings (SSSR count). The Morgan fingerprint density at radius 1 is 1.15 bits per heavy atom. The van der Waals surface area contributed by atoms with Gasteiger partial charge in [0.25, 0.3) is 0 Å². The molecule has 3 aromatic rings. The zero-order valence-corrected chi connectivity index (χ0v) is 14.0. The van der Waals surface area contributed by atoms with E-state index in [1.165, 1.54) is 43.6 Å². The maximum absolute atomic E-state index is 13.0. The Morgan fingerprint density at radius 2 is 1.96 bits per heavy atom. The van der Waals surface area contributed by atoms with Crippen molar-refractivity contribution in [3.05, 3.63) is 83.9 Å². The molecule has 26 heavy (non-hydrogen) atoms. The Morgan fingerprint density at radius 3 is 2.69 bits per heavy atom. The summed E-state index contributed by atoms with van der Waals surface area (Å²) in [7, 11) is 1.42. The number of phenolic OH excluding ortho intramolecular Hbond substituents is 1. The molecule has 0 saturated carbocycles. The van der Waals surface area contributed by atoms with Crippen LogP contribution in [0, 0.1) is 5.95 Å². The first-order chi connectivity index (χ1) is 12.6. The summed E-state index contributed by atoms with van der Waals surface area (Å²) in [6.07, 6.45) is 4.59. The Kier molecular flexibility index (Phi) is 5.08. The van der Waals surface area contributed by atoms with E-state index in [1.807, 2.05) is 24.3 Å². The van der Waals surface area contributed by atoms with Gasteiger partial charge < -0.3 is 9.84 Å². The lowest BCUT2D eigenvalue weighted by Crippen LogP contribution is -1.95. The normalized spacial score (nSPS) is 10.8. The van der Waals surface area contributed by atoms with Crippen LogP contribution in [-0.2, 0) is 0 Å². The van der Waals surface area contributed by atoms with Gasteiger partial charge in [0.15, 0.2) is 17.3 Å². The van der Waals surface area contributed by atoms with Gasteiger partial charge >= 0.3 is 0 Å². The summed E-state index contributed by atoms with van der Waals surface area (Å²) in [6, 6.07) is 14.8. The van der Waals surface area contributed by atoms with E-state index >= 15 is 0 Å². The minimum atomic E-state index is -0.543. The van der Waals surface area contributed by atoms with Crippen molar-refractivity contribution in [3.8, 4) is 22.6 Å². The molecule has 0 spiro atoms. The second kappa shape index (κ2) is 7.61. The highest BCUT2D eigenvalue weighted by atomic mass is 19.1. The Balaban J connectivity index is 1.89. The molecular weight excluding hydrogens is 333 g/mol. The van der Waals surface area contributed by atoms with Crippen molar-refractivity contribution in [1.82, 2.24) is 4.98 Å². The molecule has 0 aliphatic heterocycles. The molecule has 0 atom stereocenters. The number of hydrogen-bond donors (Lipinski definition) is 1. The molecule has 4 nitrogen and oxygen atoms in total. The number of carbonyl (C=O) groups is 1. The van der Waals surface area contributed by atoms with Crippen LogP contribution in [0.5, 0.6) is 11.5 Å². The number of ether oxygens (including phenoxy) is 1. The van der Waals surface area contributed by atoms with E-state index in [0.717, 1.165) is 16.7 Å². The lowest BCUT2D eigenvalue weighted by Gasteiger charge is -2.06. The number of rotatable bonds is 5. The van der Waals surface area contributed by atoms with Gasteiger partial charge in [-0.15, -0.1) is 0 Å². The van der Waals surface area contributed by atoms with E-state index in [1.54, 1.807) is 12.1 Å². The third kappa shape index (κ3) is 3.78. The van der Waals surface area contributed by atoms with Crippen LogP contribution in [-0.4, -0.2) is 23.0 Å². The number of aromatic hydroxyl groups is 1. The highest BCUT2D eigenvalue weighted by Crippen LogP contribution is 2.27. The number of pyridine rings is 1. The third-order valence-corrected chi connectivity index (χ3v) is 3.88. The van der Waals surface area contributed by atoms with Crippen LogP contribution in [0.1, 0.15) is 15.9 Å². The maximum atomic E-state index is 13.0. The molecule has 0 bridgehead atoms. The lowest BCUT2D eigenvalue weighted by atomic mass is 10.00. The van der Waals surface area contributed by atoms with Gasteiger partial charge in [-0.05, 0) is 47.5 Å². The summed E-state index contributed by atoms with van der Waals surface area (Å²) in [4.78, 5) is 16.1. The summed E-state index contributed by atoms with van der Waals surface area (Å²) in [5, 5.41) is 9.62. The van der Waals surface area contributed by atoms with E-state index in [-0.39, 0.29) is 17.3 Å². The zero-order chi connectivity index (χ0) is 18.5. The molecule has 0 fully saturated rings. The van der Waals surface area contributed by atoms with Gasteiger partial charge in [-0.2, -0.15) is 4.39 Å². The largest absolute Gasteiger partial charge is 0.504 e. The number of phenols is 1. The molecule has 2 aromatic carbocycles. The summed E-state index contributed by atoms with van der Waals surface area (Å²) in [5.41, 5.74) is 2.80. The van der Waals surface area contributed by atoms with Crippen LogP contribution < -0.4 is 4.74 Å². The lowest BCUT2D eigenvalue weighted by molar-refractivity contribution is 0.104. The minimum absolute atomic E-state index is 0.0258. The Hall–Kier alpha value is -3.47. The number of carbonyl (C=O) groups excluding carboxylic acids is 1. The molecule has 5 heteroatoms. The summed E-state index contributed by atoms with van der Waals surface area (Å²) in [6.45, 7) is 0.